The minimum Gasteiger partial charge on any atom is -0.503 e. The second-order valence-electron chi connectivity index (χ2n) is 12.6. The fourth-order valence-corrected chi connectivity index (χ4v) is 8.38. The quantitative estimate of drug-likeness (QED) is 0.254. The number of rotatable bonds is 6. The van der Waals surface area contributed by atoms with Crippen molar-refractivity contribution in [1.82, 2.24) is 0 Å². The standard InChI is InChI=1S/C37H35ClN2O6/c1-4-19-6-10-22(11-7-19)39-34(42)25-15-14-24-26(31(25)36(39)44)18-27-32(30(24)21-16-28(38)33(41)29(17-21)46-3)37(45)40(35(27)43)23-12-8-20(5-2)9-13-23/h6-14,16-17,25-27,30-32,41H,4-5,15,18H2,1-3H3. The predicted molar refractivity (Wildman–Crippen MR) is 174 cm³/mol. The van der Waals surface area contributed by atoms with Gasteiger partial charge in [0.25, 0.3) is 0 Å². The van der Waals surface area contributed by atoms with Gasteiger partial charge in [-0.1, -0.05) is 61.4 Å². The van der Waals surface area contributed by atoms with E-state index in [0.29, 0.717) is 23.4 Å². The highest BCUT2D eigenvalue weighted by atomic mass is 35.5. The largest absolute Gasteiger partial charge is 0.503 e. The smallest absolute Gasteiger partial charge is 0.238 e. The molecule has 2 aliphatic carbocycles. The third-order valence-corrected chi connectivity index (χ3v) is 10.8. The van der Waals surface area contributed by atoms with Crippen molar-refractivity contribution in [3.63, 3.8) is 0 Å². The van der Waals surface area contributed by atoms with E-state index < -0.39 is 35.5 Å². The van der Waals surface area contributed by atoms with E-state index in [1.807, 2.05) is 56.3 Å². The van der Waals surface area contributed by atoms with Crippen molar-refractivity contribution in [3.05, 3.63) is 94.0 Å². The summed E-state index contributed by atoms with van der Waals surface area (Å²) in [7, 11) is 1.42. The fraction of sp³-hybridized carbons (Fsp3) is 0.351. The van der Waals surface area contributed by atoms with Crippen LogP contribution in [0, 0.1) is 29.6 Å². The van der Waals surface area contributed by atoms with Gasteiger partial charge in [0.1, 0.15) is 0 Å². The first-order valence-corrected chi connectivity index (χ1v) is 16.3. The normalized spacial score (nSPS) is 27.0. The zero-order chi connectivity index (χ0) is 32.4. The Balaban J connectivity index is 1.33. The average molecular weight is 639 g/mol. The Bertz CT molecular complexity index is 1800. The molecule has 1 saturated carbocycles. The summed E-state index contributed by atoms with van der Waals surface area (Å²) in [5.74, 6) is -5.00. The van der Waals surface area contributed by atoms with Crippen LogP contribution in [0.5, 0.6) is 11.5 Å². The van der Waals surface area contributed by atoms with Crippen molar-refractivity contribution in [3.8, 4) is 11.5 Å². The molecule has 6 unspecified atom stereocenters. The number of methoxy groups -OCH3 is 1. The van der Waals surface area contributed by atoms with Crippen LogP contribution in [0.25, 0.3) is 0 Å². The number of aryl methyl sites for hydroxylation is 2. The van der Waals surface area contributed by atoms with E-state index in [1.54, 1.807) is 24.3 Å². The molecule has 236 valence electrons. The number of benzene rings is 3. The van der Waals surface area contributed by atoms with Crippen LogP contribution < -0.4 is 14.5 Å². The lowest BCUT2D eigenvalue weighted by Gasteiger charge is -2.44. The van der Waals surface area contributed by atoms with Crippen molar-refractivity contribution >= 4 is 46.6 Å². The molecule has 0 radical (unpaired) electrons. The summed E-state index contributed by atoms with van der Waals surface area (Å²) in [5.41, 5.74) is 4.69. The van der Waals surface area contributed by atoms with Crippen LogP contribution in [-0.2, 0) is 32.0 Å². The number of carbonyl (C=O) groups excluding carboxylic acids is 4. The van der Waals surface area contributed by atoms with Gasteiger partial charge in [0.15, 0.2) is 11.5 Å². The van der Waals surface area contributed by atoms with Gasteiger partial charge in [-0.3, -0.25) is 29.0 Å². The number of hydrogen-bond donors (Lipinski definition) is 1. The summed E-state index contributed by atoms with van der Waals surface area (Å²) < 4.78 is 5.42. The first-order valence-electron chi connectivity index (χ1n) is 15.9. The second kappa shape index (κ2) is 11.4. The minimum absolute atomic E-state index is 0.0555. The molecule has 0 bridgehead atoms. The number of nitrogens with zero attached hydrogens (tertiary/aromatic N) is 2. The third-order valence-electron chi connectivity index (χ3n) is 10.5. The zero-order valence-corrected chi connectivity index (χ0v) is 26.7. The van der Waals surface area contributed by atoms with E-state index in [9.17, 15) is 24.3 Å². The fourth-order valence-electron chi connectivity index (χ4n) is 8.16. The Morgan fingerprint density at radius 2 is 1.30 bits per heavy atom. The number of fused-ring (bicyclic) bond motifs is 4. The SMILES string of the molecule is CCc1ccc(N2C(=O)C3CC=C4C(CC5C(=O)N(c6ccc(CC)cc6)C(=O)C5C4c4cc(Cl)c(O)c(OC)c4)C3C2=O)cc1. The molecule has 8 nitrogen and oxygen atoms in total. The second-order valence-corrected chi connectivity index (χ2v) is 13.0. The molecule has 0 aromatic heterocycles. The van der Waals surface area contributed by atoms with Crippen LogP contribution in [-0.4, -0.2) is 35.8 Å². The third kappa shape index (κ3) is 4.48. The van der Waals surface area contributed by atoms with Crippen LogP contribution >= 0.6 is 11.6 Å². The van der Waals surface area contributed by atoms with Gasteiger partial charge in [0.05, 0.1) is 47.2 Å². The van der Waals surface area contributed by atoms with E-state index in [0.717, 1.165) is 29.5 Å². The topological polar surface area (TPSA) is 104 Å². The van der Waals surface area contributed by atoms with Crippen molar-refractivity contribution in [2.24, 2.45) is 29.6 Å². The van der Waals surface area contributed by atoms with Crippen molar-refractivity contribution < 1.29 is 29.0 Å². The Hall–Kier alpha value is -4.43. The van der Waals surface area contributed by atoms with E-state index in [2.05, 4.69) is 0 Å². The molecule has 7 rings (SSSR count). The van der Waals surface area contributed by atoms with Crippen LogP contribution in [0.4, 0.5) is 11.4 Å². The number of halogens is 1. The maximum absolute atomic E-state index is 14.3. The molecule has 2 aliphatic heterocycles. The number of ether oxygens (including phenoxy) is 1. The molecule has 4 aliphatic rings. The summed E-state index contributed by atoms with van der Waals surface area (Å²) in [6.45, 7) is 4.08. The highest BCUT2D eigenvalue weighted by molar-refractivity contribution is 6.32. The van der Waals surface area contributed by atoms with Crippen molar-refractivity contribution in [2.75, 3.05) is 16.9 Å². The number of phenolic OH excluding ortho intramolecular Hbond substituents is 1. The van der Waals surface area contributed by atoms with Gasteiger partial charge in [-0.25, -0.2) is 0 Å². The number of phenols is 1. The molecule has 3 aromatic rings. The first kappa shape index (κ1) is 30.2. The first-order chi connectivity index (χ1) is 22.2. The van der Waals surface area contributed by atoms with Crippen LogP contribution in [0.1, 0.15) is 49.3 Å². The lowest BCUT2D eigenvalue weighted by molar-refractivity contribution is -0.126. The molecule has 3 aromatic carbocycles. The van der Waals surface area contributed by atoms with Crippen LogP contribution in [0.15, 0.2) is 72.3 Å². The monoisotopic (exact) mass is 638 g/mol. The lowest BCUT2D eigenvalue weighted by Crippen LogP contribution is -2.43. The summed E-state index contributed by atoms with van der Waals surface area (Å²) in [4.78, 5) is 59.2. The van der Waals surface area contributed by atoms with Gasteiger partial charge < -0.3 is 9.84 Å². The average Bonchev–Trinajstić information content (AvgIpc) is 3.48. The number of amides is 4. The summed E-state index contributed by atoms with van der Waals surface area (Å²) in [6.07, 6.45) is 4.26. The molecule has 2 heterocycles. The van der Waals surface area contributed by atoms with E-state index in [1.165, 1.54) is 16.9 Å². The van der Waals surface area contributed by atoms with E-state index in [-0.39, 0.29) is 46.6 Å². The Morgan fingerprint density at radius 3 is 1.85 bits per heavy atom. The molecule has 4 amide bonds. The maximum atomic E-state index is 14.3. The molecule has 9 heteroatoms. The molecular weight excluding hydrogens is 604 g/mol. The minimum atomic E-state index is -0.757. The number of aromatic hydroxyl groups is 1. The molecule has 3 fully saturated rings. The number of carbonyl (C=O) groups is 4. The van der Waals surface area contributed by atoms with Crippen LogP contribution in [0.3, 0.4) is 0 Å². The highest BCUT2D eigenvalue weighted by Gasteiger charge is 2.62. The molecular formula is C37H35ClN2O6. The number of imide groups is 2. The molecule has 46 heavy (non-hydrogen) atoms. The Labute approximate surface area is 272 Å². The maximum Gasteiger partial charge on any atom is 0.238 e. The van der Waals surface area contributed by atoms with Crippen LogP contribution in [0.2, 0.25) is 5.02 Å². The van der Waals surface area contributed by atoms with E-state index in [4.69, 9.17) is 16.3 Å². The molecule has 6 atom stereocenters. The van der Waals surface area contributed by atoms with Gasteiger partial charge in [0, 0.05) is 5.92 Å². The lowest BCUT2D eigenvalue weighted by atomic mass is 9.57. The molecule has 1 N–H and O–H groups in total. The van der Waals surface area contributed by atoms with E-state index >= 15 is 0 Å². The van der Waals surface area contributed by atoms with Gasteiger partial charge >= 0.3 is 0 Å². The summed E-state index contributed by atoms with van der Waals surface area (Å²) in [5, 5.41) is 10.6. The number of hydrogen-bond acceptors (Lipinski definition) is 6. The number of anilines is 2. The predicted octanol–water partition coefficient (Wildman–Crippen LogP) is 6.22. The Kier molecular flexibility index (Phi) is 7.51. The van der Waals surface area contributed by atoms with Gasteiger partial charge in [-0.15, -0.1) is 0 Å². The molecule has 0 spiro atoms. The summed E-state index contributed by atoms with van der Waals surface area (Å²) in [6, 6.07) is 18.2. The van der Waals surface area contributed by atoms with Crippen molar-refractivity contribution in [2.45, 2.75) is 45.4 Å². The van der Waals surface area contributed by atoms with Crippen molar-refractivity contribution in [1.29, 1.82) is 0 Å². The summed E-state index contributed by atoms with van der Waals surface area (Å²) >= 11 is 6.48. The molecule has 2 saturated heterocycles. The van der Waals surface area contributed by atoms with Gasteiger partial charge in [0.2, 0.25) is 23.6 Å². The highest BCUT2D eigenvalue weighted by Crippen LogP contribution is 2.59. The Morgan fingerprint density at radius 1 is 0.761 bits per heavy atom. The number of allylic oxidation sites excluding steroid dienone is 2. The zero-order valence-electron chi connectivity index (χ0n) is 25.9. The van der Waals surface area contributed by atoms with Gasteiger partial charge in [-0.05, 0) is 84.7 Å². The van der Waals surface area contributed by atoms with Gasteiger partial charge in [-0.2, -0.15) is 0 Å².